The van der Waals surface area contributed by atoms with E-state index in [2.05, 4.69) is 31.9 Å². The standard InChI is InChI=1S/C12H10Br2O3/c1-3-8(15)9-4-6-11(14)10(16-2)5-7(13)12(6)17-9/h4-5H,3H2,1-2H3. The van der Waals surface area contributed by atoms with Crippen molar-refractivity contribution in [2.75, 3.05) is 7.11 Å². The Balaban J connectivity index is 2.72. The minimum atomic E-state index is -0.0148. The molecule has 0 fully saturated rings. The number of carbonyl (C=O) groups excluding carboxylic acids is 1. The Bertz CT molecular complexity index is 587. The van der Waals surface area contributed by atoms with Gasteiger partial charge in [-0.1, -0.05) is 6.92 Å². The van der Waals surface area contributed by atoms with Gasteiger partial charge in [0, 0.05) is 11.8 Å². The SMILES string of the molecule is CCC(=O)c1cc2c(Br)c(OC)cc(Br)c2o1. The molecule has 2 aromatic rings. The van der Waals surface area contributed by atoms with Crippen molar-refractivity contribution >= 4 is 48.6 Å². The molecule has 17 heavy (non-hydrogen) atoms. The largest absolute Gasteiger partial charge is 0.496 e. The van der Waals surface area contributed by atoms with E-state index >= 15 is 0 Å². The average Bonchev–Trinajstić information content (AvgIpc) is 2.78. The molecule has 3 nitrogen and oxygen atoms in total. The lowest BCUT2D eigenvalue weighted by Crippen LogP contribution is -1.92. The van der Waals surface area contributed by atoms with Crippen LogP contribution in [0.2, 0.25) is 0 Å². The van der Waals surface area contributed by atoms with Gasteiger partial charge in [-0.25, -0.2) is 0 Å². The number of benzene rings is 1. The van der Waals surface area contributed by atoms with Crippen LogP contribution >= 0.6 is 31.9 Å². The summed E-state index contributed by atoms with van der Waals surface area (Å²) < 4.78 is 12.3. The molecule has 0 N–H and O–H groups in total. The Hall–Kier alpha value is -0.810. The van der Waals surface area contributed by atoms with Crippen LogP contribution in [0.1, 0.15) is 23.9 Å². The molecule has 1 aromatic heterocycles. The van der Waals surface area contributed by atoms with Crippen LogP contribution in [-0.2, 0) is 0 Å². The van der Waals surface area contributed by atoms with Crippen LogP contribution in [0.4, 0.5) is 0 Å². The minimum absolute atomic E-state index is 0.0148. The predicted octanol–water partition coefficient (Wildman–Crippen LogP) is 4.56. The molecule has 5 heteroatoms. The second kappa shape index (κ2) is 4.82. The maximum atomic E-state index is 11.6. The van der Waals surface area contributed by atoms with Gasteiger partial charge in [-0.2, -0.15) is 0 Å². The third-order valence-electron chi connectivity index (χ3n) is 2.48. The summed E-state index contributed by atoms with van der Waals surface area (Å²) in [5.41, 5.74) is 0.648. The van der Waals surface area contributed by atoms with Crippen molar-refractivity contribution in [3.05, 3.63) is 26.8 Å². The van der Waals surface area contributed by atoms with E-state index < -0.39 is 0 Å². The van der Waals surface area contributed by atoms with E-state index in [9.17, 15) is 4.79 Å². The van der Waals surface area contributed by atoms with Crippen molar-refractivity contribution in [3.63, 3.8) is 0 Å². The zero-order valence-corrected chi connectivity index (χ0v) is 12.5. The number of halogens is 2. The van der Waals surface area contributed by atoms with E-state index in [-0.39, 0.29) is 5.78 Å². The van der Waals surface area contributed by atoms with Gasteiger partial charge in [-0.05, 0) is 44.0 Å². The third kappa shape index (κ3) is 2.13. The van der Waals surface area contributed by atoms with E-state index in [1.807, 2.05) is 0 Å². The first-order chi connectivity index (χ1) is 8.08. The molecule has 1 aromatic carbocycles. The lowest BCUT2D eigenvalue weighted by molar-refractivity contribution is 0.0963. The molecule has 0 radical (unpaired) electrons. The first-order valence-electron chi connectivity index (χ1n) is 5.07. The molecule has 0 amide bonds. The summed E-state index contributed by atoms with van der Waals surface area (Å²) in [6.07, 6.45) is 0.423. The van der Waals surface area contributed by atoms with Gasteiger partial charge >= 0.3 is 0 Å². The van der Waals surface area contributed by atoms with Crippen LogP contribution in [0.15, 0.2) is 25.5 Å². The van der Waals surface area contributed by atoms with Gasteiger partial charge in [-0.15, -0.1) is 0 Å². The smallest absolute Gasteiger partial charge is 0.197 e. The second-order valence-electron chi connectivity index (χ2n) is 3.50. The molecule has 0 spiro atoms. The molecule has 0 aliphatic heterocycles. The quantitative estimate of drug-likeness (QED) is 0.752. The van der Waals surface area contributed by atoms with Gasteiger partial charge in [0.15, 0.2) is 17.1 Å². The summed E-state index contributed by atoms with van der Waals surface area (Å²) in [6, 6.07) is 3.54. The molecule has 1 heterocycles. The maximum absolute atomic E-state index is 11.6. The Morgan fingerprint density at radius 3 is 2.71 bits per heavy atom. The molecule has 90 valence electrons. The predicted molar refractivity (Wildman–Crippen MR) is 72.8 cm³/mol. The number of rotatable bonds is 3. The van der Waals surface area contributed by atoms with Crippen LogP contribution in [-0.4, -0.2) is 12.9 Å². The molecule has 2 rings (SSSR count). The van der Waals surface area contributed by atoms with Crippen molar-refractivity contribution < 1.29 is 13.9 Å². The van der Waals surface area contributed by atoms with E-state index in [0.717, 1.165) is 14.3 Å². The number of ether oxygens (including phenoxy) is 1. The van der Waals surface area contributed by atoms with Crippen LogP contribution in [0.5, 0.6) is 5.75 Å². The Kier molecular flexibility index (Phi) is 3.58. The van der Waals surface area contributed by atoms with Gasteiger partial charge in [0.1, 0.15) is 5.75 Å². The maximum Gasteiger partial charge on any atom is 0.197 e. The summed E-state index contributed by atoms with van der Waals surface area (Å²) in [5, 5.41) is 0.827. The number of methoxy groups -OCH3 is 1. The normalized spacial score (nSPS) is 10.8. The highest BCUT2D eigenvalue weighted by Gasteiger charge is 2.17. The van der Waals surface area contributed by atoms with Crippen molar-refractivity contribution in [3.8, 4) is 5.75 Å². The molecular weight excluding hydrogens is 352 g/mol. The summed E-state index contributed by atoms with van der Waals surface area (Å²) in [6.45, 7) is 1.81. The van der Waals surface area contributed by atoms with Gasteiger partial charge < -0.3 is 9.15 Å². The van der Waals surface area contributed by atoms with Crippen molar-refractivity contribution in [2.24, 2.45) is 0 Å². The van der Waals surface area contributed by atoms with Crippen LogP contribution in [0.25, 0.3) is 11.0 Å². The van der Waals surface area contributed by atoms with Gasteiger partial charge in [0.2, 0.25) is 0 Å². The number of hydrogen-bond acceptors (Lipinski definition) is 3. The summed E-state index contributed by atoms with van der Waals surface area (Å²) >= 11 is 6.84. The zero-order valence-electron chi connectivity index (χ0n) is 9.34. The number of fused-ring (bicyclic) bond motifs is 1. The summed E-state index contributed by atoms with van der Waals surface area (Å²) in [5.74, 6) is 1.05. The highest BCUT2D eigenvalue weighted by atomic mass is 79.9. The highest BCUT2D eigenvalue weighted by molar-refractivity contribution is 9.11. The van der Waals surface area contributed by atoms with Gasteiger partial charge in [0.05, 0.1) is 16.1 Å². The van der Waals surface area contributed by atoms with E-state index in [1.54, 1.807) is 26.2 Å². The number of furan rings is 1. The molecule has 0 aliphatic carbocycles. The summed E-state index contributed by atoms with van der Waals surface area (Å²) in [7, 11) is 1.59. The summed E-state index contributed by atoms with van der Waals surface area (Å²) in [4.78, 5) is 11.6. The van der Waals surface area contributed by atoms with Crippen molar-refractivity contribution in [1.29, 1.82) is 0 Å². The Labute approximate surface area is 115 Å². The van der Waals surface area contributed by atoms with Gasteiger partial charge in [0.25, 0.3) is 0 Å². The minimum Gasteiger partial charge on any atom is -0.496 e. The van der Waals surface area contributed by atoms with Crippen LogP contribution in [0, 0.1) is 0 Å². The Morgan fingerprint density at radius 1 is 1.41 bits per heavy atom. The molecule has 0 bridgehead atoms. The first kappa shape index (κ1) is 12.6. The molecule has 0 aliphatic rings. The number of hydrogen-bond donors (Lipinski definition) is 0. The van der Waals surface area contributed by atoms with E-state index in [0.29, 0.717) is 23.5 Å². The van der Waals surface area contributed by atoms with Crippen molar-refractivity contribution in [2.45, 2.75) is 13.3 Å². The molecule has 0 unspecified atom stereocenters. The number of carbonyl (C=O) groups is 1. The number of Topliss-reactive ketones (excluding diaryl/α,β-unsaturated/α-hetero) is 1. The average molecular weight is 362 g/mol. The highest BCUT2D eigenvalue weighted by Crippen LogP contribution is 2.39. The number of ketones is 1. The lowest BCUT2D eigenvalue weighted by Gasteiger charge is -2.04. The van der Waals surface area contributed by atoms with Crippen LogP contribution < -0.4 is 4.74 Å². The molecule has 0 saturated heterocycles. The molecule has 0 atom stereocenters. The van der Waals surface area contributed by atoms with Crippen molar-refractivity contribution in [1.82, 2.24) is 0 Å². The topological polar surface area (TPSA) is 39.4 Å². The van der Waals surface area contributed by atoms with Crippen LogP contribution in [0.3, 0.4) is 0 Å². The van der Waals surface area contributed by atoms with E-state index in [4.69, 9.17) is 9.15 Å². The Morgan fingerprint density at radius 2 is 2.12 bits per heavy atom. The second-order valence-corrected chi connectivity index (χ2v) is 5.15. The fourth-order valence-corrected chi connectivity index (χ4v) is 2.64. The van der Waals surface area contributed by atoms with Gasteiger partial charge in [-0.3, -0.25) is 4.79 Å². The zero-order chi connectivity index (χ0) is 12.6. The molecule has 0 saturated carbocycles. The van der Waals surface area contributed by atoms with E-state index in [1.165, 1.54) is 0 Å². The fourth-order valence-electron chi connectivity index (χ4n) is 1.57. The first-order valence-corrected chi connectivity index (χ1v) is 6.65. The third-order valence-corrected chi connectivity index (χ3v) is 3.88. The lowest BCUT2D eigenvalue weighted by atomic mass is 10.2. The monoisotopic (exact) mass is 360 g/mol. The molecular formula is C12H10Br2O3. The fraction of sp³-hybridized carbons (Fsp3) is 0.250.